The molecule has 0 spiro atoms. The Kier molecular flexibility index (Phi) is 4.08. The van der Waals surface area contributed by atoms with E-state index in [0.717, 1.165) is 17.8 Å². The van der Waals surface area contributed by atoms with Crippen LogP contribution in [0.5, 0.6) is 0 Å². The van der Waals surface area contributed by atoms with Gasteiger partial charge < -0.3 is 5.11 Å². The van der Waals surface area contributed by atoms with Crippen LogP contribution in [0.25, 0.3) is 0 Å². The van der Waals surface area contributed by atoms with Gasteiger partial charge in [0.15, 0.2) is 0 Å². The summed E-state index contributed by atoms with van der Waals surface area (Å²) in [5.41, 5.74) is 1.30. The van der Waals surface area contributed by atoms with E-state index in [4.69, 9.17) is 0 Å². The standard InChI is InChI=1S/C13H14NOS/c15-12(13-14-9-10-16-13)8-4-7-11-5-2-1-3-6-11/h1-3,5-6,8-10,12,15H,4,7H2/t12-/m1/s1. The van der Waals surface area contributed by atoms with E-state index in [0.29, 0.717) is 0 Å². The van der Waals surface area contributed by atoms with Gasteiger partial charge in [-0.15, -0.1) is 11.3 Å². The highest BCUT2D eigenvalue weighted by Crippen LogP contribution is 2.20. The summed E-state index contributed by atoms with van der Waals surface area (Å²) in [6.45, 7) is 0. The van der Waals surface area contributed by atoms with Crippen molar-refractivity contribution in [2.45, 2.75) is 18.9 Å². The van der Waals surface area contributed by atoms with Crippen LogP contribution in [0.1, 0.15) is 23.1 Å². The summed E-state index contributed by atoms with van der Waals surface area (Å²) in [4.78, 5) is 4.08. The molecule has 1 radical (unpaired) electrons. The lowest BCUT2D eigenvalue weighted by Crippen LogP contribution is -1.98. The Morgan fingerprint density at radius 2 is 2.12 bits per heavy atom. The first-order chi connectivity index (χ1) is 7.86. The Morgan fingerprint density at radius 3 is 2.81 bits per heavy atom. The molecule has 0 fully saturated rings. The first-order valence-corrected chi connectivity index (χ1v) is 6.19. The van der Waals surface area contributed by atoms with E-state index in [2.05, 4.69) is 17.1 Å². The number of hydrogen-bond donors (Lipinski definition) is 1. The Bertz CT molecular complexity index is 399. The average Bonchev–Trinajstić information content (AvgIpc) is 2.84. The highest BCUT2D eigenvalue weighted by Gasteiger charge is 2.09. The third kappa shape index (κ3) is 3.15. The first-order valence-electron chi connectivity index (χ1n) is 5.31. The summed E-state index contributed by atoms with van der Waals surface area (Å²) in [6, 6.07) is 10.3. The molecule has 1 aromatic carbocycles. The van der Waals surface area contributed by atoms with Crippen LogP contribution in [0.2, 0.25) is 0 Å². The third-order valence-electron chi connectivity index (χ3n) is 2.37. The number of rotatable bonds is 5. The van der Waals surface area contributed by atoms with E-state index in [1.807, 2.05) is 30.0 Å². The van der Waals surface area contributed by atoms with Crippen molar-refractivity contribution in [3.8, 4) is 0 Å². The fourth-order valence-electron chi connectivity index (χ4n) is 1.53. The molecule has 0 saturated carbocycles. The van der Waals surface area contributed by atoms with E-state index in [9.17, 15) is 5.11 Å². The maximum atomic E-state index is 9.78. The summed E-state index contributed by atoms with van der Waals surface area (Å²) < 4.78 is 0. The Hall–Kier alpha value is -1.19. The van der Waals surface area contributed by atoms with Crippen molar-refractivity contribution >= 4 is 11.3 Å². The molecule has 0 bridgehead atoms. The van der Waals surface area contributed by atoms with Gasteiger partial charge in [0.25, 0.3) is 0 Å². The number of nitrogens with zero attached hydrogens (tertiary/aromatic N) is 1. The fraction of sp³-hybridized carbons (Fsp3) is 0.231. The molecule has 0 aliphatic rings. The van der Waals surface area contributed by atoms with Crippen molar-refractivity contribution in [2.75, 3.05) is 0 Å². The minimum atomic E-state index is -0.524. The molecule has 3 heteroatoms. The molecule has 0 aliphatic carbocycles. The highest BCUT2D eigenvalue weighted by atomic mass is 32.1. The quantitative estimate of drug-likeness (QED) is 0.859. The molecule has 16 heavy (non-hydrogen) atoms. The van der Waals surface area contributed by atoms with Crippen LogP contribution in [0, 0.1) is 6.42 Å². The summed E-state index contributed by atoms with van der Waals surface area (Å²) >= 11 is 1.48. The van der Waals surface area contributed by atoms with Crippen LogP contribution in [0.4, 0.5) is 0 Å². The molecule has 1 atom stereocenters. The zero-order chi connectivity index (χ0) is 11.2. The van der Waals surface area contributed by atoms with Crippen molar-refractivity contribution in [1.29, 1.82) is 0 Å². The highest BCUT2D eigenvalue weighted by molar-refractivity contribution is 7.09. The lowest BCUT2D eigenvalue weighted by atomic mass is 10.1. The largest absolute Gasteiger partial charge is 0.386 e. The van der Waals surface area contributed by atoms with Gasteiger partial charge in [-0.3, -0.25) is 0 Å². The molecule has 1 aromatic heterocycles. The van der Waals surface area contributed by atoms with Crippen molar-refractivity contribution in [3.63, 3.8) is 0 Å². The second-order valence-electron chi connectivity index (χ2n) is 3.58. The topological polar surface area (TPSA) is 33.1 Å². The molecule has 0 unspecified atom stereocenters. The minimum Gasteiger partial charge on any atom is -0.386 e. The summed E-state index contributed by atoms with van der Waals surface area (Å²) in [5, 5.41) is 12.4. The molecule has 0 amide bonds. The molecule has 83 valence electrons. The average molecular weight is 232 g/mol. The third-order valence-corrected chi connectivity index (χ3v) is 3.22. The van der Waals surface area contributed by atoms with E-state index >= 15 is 0 Å². The Morgan fingerprint density at radius 1 is 1.31 bits per heavy atom. The van der Waals surface area contributed by atoms with Crippen LogP contribution in [0.15, 0.2) is 41.9 Å². The maximum absolute atomic E-state index is 9.78. The van der Waals surface area contributed by atoms with Crippen LogP contribution in [-0.2, 0) is 6.42 Å². The Labute approximate surface area is 99.6 Å². The van der Waals surface area contributed by atoms with Gasteiger partial charge in [-0.2, -0.15) is 0 Å². The normalized spacial score (nSPS) is 12.6. The van der Waals surface area contributed by atoms with Crippen LogP contribution in [-0.4, -0.2) is 10.1 Å². The summed E-state index contributed by atoms with van der Waals surface area (Å²) in [6.07, 6.45) is 4.93. The predicted octanol–water partition coefficient (Wildman–Crippen LogP) is 3.01. The van der Waals surface area contributed by atoms with Crippen LogP contribution >= 0.6 is 11.3 Å². The van der Waals surface area contributed by atoms with Gasteiger partial charge in [0.2, 0.25) is 0 Å². The van der Waals surface area contributed by atoms with Gasteiger partial charge in [-0.25, -0.2) is 4.98 Å². The predicted molar refractivity (Wildman–Crippen MR) is 66.1 cm³/mol. The van der Waals surface area contributed by atoms with Crippen molar-refractivity contribution in [2.24, 2.45) is 0 Å². The van der Waals surface area contributed by atoms with Gasteiger partial charge in [0, 0.05) is 11.6 Å². The van der Waals surface area contributed by atoms with E-state index in [1.54, 1.807) is 6.20 Å². The number of aryl methyl sites for hydroxylation is 1. The van der Waals surface area contributed by atoms with Crippen molar-refractivity contribution < 1.29 is 5.11 Å². The first kappa shape index (κ1) is 11.3. The molecule has 1 heterocycles. The van der Waals surface area contributed by atoms with Gasteiger partial charge >= 0.3 is 0 Å². The lowest BCUT2D eigenvalue weighted by molar-refractivity contribution is 0.206. The second-order valence-corrected chi connectivity index (χ2v) is 4.50. The fourth-order valence-corrected chi connectivity index (χ4v) is 2.15. The van der Waals surface area contributed by atoms with Crippen molar-refractivity contribution in [1.82, 2.24) is 4.98 Å². The zero-order valence-electron chi connectivity index (χ0n) is 8.91. The molecular formula is C13H14NOS. The van der Waals surface area contributed by atoms with Crippen LogP contribution in [0.3, 0.4) is 0 Å². The number of hydrogen-bond acceptors (Lipinski definition) is 3. The number of aliphatic hydroxyl groups is 1. The maximum Gasteiger partial charge on any atom is 0.121 e. The van der Waals surface area contributed by atoms with E-state index < -0.39 is 6.10 Å². The summed E-state index contributed by atoms with van der Waals surface area (Å²) in [5.74, 6) is 0. The molecular weight excluding hydrogens is 218 g/mol. The van der Waals surface area contributed by atoms with Gasteiger partial charge in [-0.1, -0.05) is 30.3 Å². The number of benzene rings is 1. The minimum absolute atomic E-state index is 0.524. The van der Waals surface area contributed by atoms with E-state index in [1.165, 1.54) is 16.9 Å². The van der Waals surface area contributed by atoms with Gasteiger partial charge in [-0.05, 0) is 24.8 Å². The van der Waals surface area contributed by atoms with Gasteiger partial charge in [0.05, 0.1) is 0 Å². The van der Waals surface area contributed by atoms with Gasteiger partial charge in [0.1, 0.15) is 11.1 Å². The molecule has 0 aliphatic heterocycles. The Balaban J connectivity index is 1.76. The smallest absolute Gasteiger partial charge is 0.121 e. The molecule has 0 saturated heterocycles. The number of thiazole rings is 1. The van der Waals surface area contributed by atoms with Crippen LogP contribution < -0.4 is 0 Å². The SMILES string of the molecule is O[C@H]([CH]CCc1ccccc1)c1nccs1. The molecule has 2 rings (SSSR count). The molecule has 2 aromatic rings. The monoisotopic (exact) mass is 232 g/mol. The van der Waals surface area contributed by atoms with Crippen molar-refractivity contribution in [3.05, 3.63) is 58.9 Å². The molecule has 1 N–H and O–H groups in total. The number of aromatic nitrogens is 1. The molecule has 2 nitrogen and oxygen atoms in total. The second kappa shape index (κ2) is 5.77. The summed E-state index contributed by atoms with van der Waals surface area (Å²) in [7, 11) is 0. The lowest BCUT2D eigenvalue weighted by Gasteiger charge is -2.06. The number of aliphatic hydroxyl groups excluding tert-OH is 1. The zero-order valence-corrected chi connectivity index (χ0v) is 9.73. The van der Waals surface area contributed by atoms with E-state index in [-0.39, 0.29) is 0 Å².